The molecule has 140 valence electrons. The molecule has 1 aromatic carbocycles. The van der Waals surface area contributed by atoms with Gasteiger partial charge in [-0.05, 0) is 32.4 Å². The second kappa shape index (κ2) is 5.67. The van der Waals surface area contributed by atoms with E-state index in [2.05, 4.69) is 6.58 Å². The molecule has 2 aromatic rings. The van der Waals surface area contributed by atoms with Gasteiger partial charge in [-0.25, -0.2) is 4.79 Å². The lowest BCUT2D eigenvalue weighted by Crippen LogP contribution is -2.61. The summed E-state index contributed by atoms with van der Waals surface area (Å²) >= 11 is 0. The SMILES string of the molecule is C=C[C@@]1(C)CC(O)(C(O)C(C)(C)O)Oc2c1c(=O)oc1cccc(C)c21. The molecule has 3 atom stereocenters. The van der Waals surface area contributed by atoms with E-state index in [1.54, 1.807) is 19.1 Å². The molecule has 0 bridgehead atoms. The highest BCUT2D eigenvalue weighted by Crippen LogP contribution is 2.48. The van der Waals surface area contributed by atoms with Gasteiger partial charge in [-0.1, -0.05) is 25.1 Å². The third-order valence-electron chi connectivity index (χ3n) is 5.11. The van der Waals surface area contributed by atoms with Crippen LogP contribution in [0.5, 0.6) is 5.75 Å². The highest BCUT2D eigenvalue weighted by Gasteiger charge is 2.55. The molecule has 1 aliphatic heterocycles. The summed E-state index contributed by atoms with van der Waals surface area (Å²) in [5.41, 5.74) is -1.88. The standard InChI is InChI=1S/C20H24O6/c1-6-19(5)10-20(24,17(22)18(3,4)23)26-15-13-11(2)8-7-9-12(13)25-16(21)14(15)19/h6-9,17,22-24H,1,10H2,2-5H3/t17?,19-,20?/m0/s1. The van der Waals surface area contributed by atoms with E-state index in [9.17, 15) is 20.1 Å². The zero-order valence-corrected chi connectivity index (χ0v) is 15.4. The molecular formula is C20H24O6. The van der Waals surface area contributed by atoms with Crippen molar-refractivity contribution in [1.82, 2.24) is 0 Å². The highest BCUT2D eigenvalue weighted by atomic mass is 16.6. The van der Waals surface area contributed by atoms with Gasteiger partial charge in [0.15, 0.2) is 0 Å². The predicted molar refractivity (Wildman–Crippen MR) is 97.3 cm³/mol. The average Bonchev–Trinajstić information content (AvgIpc) is 2.52. The number of allylic oxidation sites excluding steroid dienone is 1. The molecule has 1 aliphatic rings. The van der Waals surface area contributed by atoms with Crippen molar-refractivity contribution in [3.63, 3.8) is 0 Å². The summed E-state index contributed by atoms with van der Waals surface area (Å²) in [5, 5.41) is 32.4. The number of aliphatic hydroxyl groups is 3. The Morgan fingerprint density at radius 3 is 2.62 bits per heavy atom. The van der Waals surface area contributed by atoms with Crippen molar-refractivity contribution in [1.29, 1.82) is 0 Å². The van der Waals surface area contributed by atoms with Crippen molar-refractivity contribution >= 4 is 11.0 Å². The van der Waals surface area contributed by atoms with Gasteiger partial charge < -0.3 is 24.5 Å². The zero-order valence-electron chi connectivity index (χ0n) is 15.4. The monoisotopic (exact) mass is 360 g/mol. The van der Waals surface area contributed by atoms with Crippen LogP contribution in [0.15, 0.2) is 40.1 Å². The van der Waals surface area contributed by atoms with E-state index in [-0.39, 0.29) is 17.7 Å². The lowest BCUT2D eigenvalue weighted by atomic mass is 9.72. The molecule has 0 spiro atoms. The molecule has 2 unspecified atom stereocenters. The fourth-order valence-corrected chi connectivity index (χ4v) is 3.69. The summed E-state index contributed by atoms with van der Waals surface area (Å²) < 4.78 is 11.3. The number of aryl methyl sites for hydroxylation is 1. The van der Waals surface area contributed by atoms with Gasteiger partial charge in [0.2, 0.25) is 5.79 Å². The normalized spacial score (nSPS) is 26.9. The molecule has 1 aromatic heterocycles. The third-order valence-corrected chi connectivity index (χ3v) is 5.11. The highest BCUT2D eigenvalue weighted by molar-refractivity contribution is 5.88. The van der Waals surface area contributed by atoms with Gasteiger partial charge in [-0.3, -0.25) is 0 Å². The molecule has 26 heavy (non-hydrogen) atoms. The fourth-order valence-electron chi connectivity index (χ4n) is 3.69. The van der Waals surface area contributed by atoms with E-state index >= 15 is 0 Å². The lowest BCUT2D eigenvalue weighted by Gasteiger charge is -2.47. The van der Waals surface area contributed by atoms with E-state index in [4.69, 9.17) is 9.15 Å². The number of hydrogen-bond acceptors (Lipinski definition) is 6. The number of fused-ring (bicyclic) bond motifs is 3. The molecule has 0 aliphatic carbocycles. The molecule has 0 radical (unpaired) electrons. The Kier molecular flexibility index (Phi) is 4.07. The van der Waals surface area contributed by atoms with Gasteiger partial charge in [0, 0.05) is 11.8 Å². The van der Waals surface area contributed by atoms with Gasteiger partial charge >= 0.3 is 5.63 Å². The van der Waals surface area contributed by atoms with E-state index in [1.165, 1.54) is 19.9 Å². The van der Waals surface area contributed by atoms with Crippen molar-refractivity contribution in [3.05, 3.63) is 52.4 Å². The van der Waals surface area contributed by atoms with E-state index in [0.29, 0.717) is 11.0 Å². The van der Waals surface area contributed by atoms with Crippen LogP contribution in [0.25, 0.3) is 11.0 Å². The fraction of sp³-hybridized carbons (Fsp3) is 0.450. The Morgan fingerprint density at radius 1 is 1.38 bits per heavy atom. The first-order valence-corrected chi connectivity index (χ1v) is 8.45. The Labute approximate surface area is 151 Å². The number of rotatable bonds is 3. The average molecular weight is 360 g/mol. The van der Waals surface area contributed by atoms with Crippen LogP contribution in [0.2, 0.25) is 0 Å². The summed E-state index contributed by atoms with van der Waals surface area (Å²) in [5.74, 6) is -1.97. The summed E-state index contributed by atoms with van der Waals surface area (Å²) in [4.78, 5) is 12.7. The van der Waals surface area contributed by atoms with Crippen LogP contribution in [-0.4, -0.2) is 32.8 Å². The summed E-state index contributed by atoms with van der Waals surface area (Å²) in [6.07, 6.45) is -0.255. The van der Waals surface area contributed by atoms with Crippen LogP contribution >= 0.6 is 0 Å². The first-order chi connectivity index (χ1) is 11.9. The molecule has 3 rings (SSSR count). The van der Waals surface area contributed by atoms with Crippen LogP contribution in [0.3, 0.4) is 0 Å². The van der Waals surface area contributed by atoms with Gasteiger partial charge in [-0.15, -0.1) is 6.58 Å². The minimum absolute atomic E-state index is 0.147. The molecule has 0 fully saturated rings. The Hall–Kier alpha value is -2.15. The maximum atomic E-state index is 12.7. The number of benzene rings is 1. The Bertz CT molecular complexity index is 938. The molecule has 0 saturated heterocycles. The first-order valence-electron chi connectivity index (χ1n) is 8.45. The van der Waals surface area contributed by atoms with Crippen LogP contribution in [0, 0.1) is 6.92 Å². The summed E-state index contributed by atoms with van der Waals surface area (Å²) in [6.45, 7) is 10.1. The quantitative estimate of drug-likeness (QED) is 0.573. The van der Waals surface area contributed by atoms with Crippen molar-refractivity contribution in [2.75, 3.05) is 0 Å². The van der Waals surface area contributed by atoms with Crippen LogP contribution in [-0.2, 0) is 5.41 Å². The minimum atomic E-state index is -2.11. The molecule has 0 amide bonds. The molecule has 0 saturated carbocycles. The smallest absolute Gasteiger partial charge is 0.344 e. The summed E-state index contributed by atoms with van der Waals surface area (Å²) in [6, 6.07) is 5.22. The van der Waals surface area contributed by atoms with Crippen molar-refractivity contribution < 1.29 is 24.5 Å². The third kappa shape index (κ3) is 2.65. The second-order valence-corrected chi connectivity index (χ2v) is 7.84. The lowest BCUT2D eigenvalue weighted by molar-refractivity contribution is -0.261. The molecule has 6 heteroatoms. The van der Waals surface area contributed by atoms with Crippen molar-refractivity contribution in [3.8, 4) is 5.75 Å². The molecule has 6 nitrogen and oxygen atoms in total. The van der Waals surface area contributed by atoms with E-state index < -0.39 is 28.5 Å². The van der Waals surface area contributed by atoms with E-state index in [1.807, 2.05) is 13.0 Å². The predicted octanol–water partition coefficient (Wildman–Crippen LogP) is 2.15. The van der Waals surface area contributed by atoms with Crippen LogP contribution < -0.4 is 10.4 Å². The maximum Gasteiger partial charge on any atom is 0.344 e. The van der Waals surface area contributed by atoms with Crippen molar-refractivity contribution in [2.45, 2.75) is 57.0 Å². The first kappa shape index (κ1) is 18.6. The number of ether oxygens (including phenoxy) is 1. The van der Waals surface area contributed by atoms with E-state index in [0.717, 1.165) is 5.56 Å². The number of hydrogen-bond donors (Lipinski definition) is 3. The zero-order chi connectivity index (χ0) is 19.5. The largest absolute Gasteiger partial charge is 0.458 e. The summed E-state index contributed by atoms with van der Waals surface area (Å²) in [7, 11) is 0. The molecule has 3 N–H and O–H groups in total. The topological polar surface area (TPSA) is 100 Å². The second-order valence-electron chi connectivity index (χ2n) is 7.84. The van der Waals surface area contributed by atoms with Crippen molar-refractivity contribution in [2.24, 2.45) is 0 Å². The van der Waals surface area contributed by atoms with Crippen LogP contribution in [0.4, 0.5) is 0 Å². The molecule has 2 heterocycles. The van der Waals surface area contributed by atoms with Gasteiger partial charge in [0.05, 0.1) is 16.6 Å². The molecular weight excluding hydrogens is 336 g/mol. The Morgan fingerprint density at radius 2 is 2.04 bits per heavy atom. The van der Waals surface area contributed by atoms with Crippen LogP contribution in [0.1, 0.15) is 38.3 Å². The maximum absolute atomic E-state index is 12.7. The minimum Gasteiger partial charge on any atom is -0.458 e. The van der Waals surface area contributed by atoms with Gasteiger partial charge in [0.25, 0.3) is 0 Å². The Balaban J connectivity index is 2.38. The number of aliphatic hydroxyl groups excluding tert-OH is 1. The van der Waals surface area contributed by atoms with Gasteiger partial charge in [-0.2, -0.15) is 0 Å². The van der Waals surface area contributed by atoms with Gasteiger partial charge in [0.1, 0.15) is 17.4 Å².